The summed E-state index contributed by atoms with van der Waals surface area (Å²) >= 11 is 0. The molecule has 0 unspecified atom stereocenters. The van der Waals surface area contributed by atoms with Crippen LogP contribution in [-0.2, 0) is 6.54 Å². The third-order valence-electron chi connectivity index (χ3n) is 5.04. The van der Waals surface area contributed by atoms with Crippen molar-refractivity contribution in [3.05, 3.63) is 106 Å². The summed E-state index contributed by atoms with van der Waals surface area (Å²) in [5.41, 5.74) is 5.50. The molecule has 1 aromatic heterocycles. The summed E-state index contributed by atoms with van der Waals surface area (Å²) in [5, 5.41) is 4.52. The molecule has 0 spiro atoms. The predicted octanol–water partition coefficient (Wildman–Crippen LogP) is 3.27. The Morgan fingerprint density at radius 1 is 1.00 bits per heavy atom. The van der Waals surface area contributed by atoms with Crippen LogP contribution in [0, 0.1) is 0 Å². The second-order valence-electron chi connectivity index (χ2n) is 7.51. The molecule has 0 fully saturated rings. The lowest BCUT2D eigenvalue weighted by molar-refractivity contribution is 0.0939. The molecule has 0 saturated carbocycles. The van der Waals surface area contributed by atoms with Gasteiger partial charge in [-0.05, 0) is 35.4 Å². The number of carbonyl (C=O) groups is 1. The van der Waals surface area contributed by atoms with E-state index in [1.807, 2.05) is 73.6 Å². The number of para-hydroxylation sites is 1. The number of fused-ring (bicyclic) bond motifs is 1. The van der Waals surface area contributed by atoms with Gasteiger partial charge in [-0.2, -0.15) is 5.10 Å². The Hall–Kier alpha value is -4.26. The fraction of sp³-hybridized carbons (Fsp3) is 0.120. The van der Waals surface area contributed by atoms with Crippen LogP contribution in [0.1, 0.15) is 21.7 Å². The number of anilines is 1. The standard InChI is InChI=1S/C25H23N5O2/c1-29(2)20-14-12-18(13-15-20)16-26-28-24(31)23-27-22-11-7-6-10-21(22)25(32)30(23)17-19-8-4-3-5-9-19/h3-16H,17H2,1-2H3,(H,28,31)/b26-16-. The number of hydrogen-bond acceptors (Lipinski definition) is 5. The molecule has 0 bridgehead atoms. The quantitative estimate of drug-likeness (QED) is 0.380. The molecule has 0 saturated heterocycles. The average Bonchev–Trinajstić information content (AvgIpc) is 2.81. The van der Waals surface area contributed by atoms with Crippen LogP contribution in [-0.4, -0.2) is 35.8 Å². The summed E-state index contributed by atoms with van der Waals surface area (Å²) in [6.07, 6.45) is 1.55. The van der Waals surface area contributed by atoms with Crippen molar-refractivity contribution in [2.45, 2.75) is 6.54 Å². The molecule has 0 aliphatic heterocycles. The van der Waals surface area contributed by atoms with Crippen LogP contribution in [0.2, 0.25) is 0 Å². The Balaban J connectivity index is 1.63. The first-order valence-corrected chi connectivity index (χ1v) is 10.2. The summed E-state index contributed by atoms with van der Waals surface area (Å²) < 4.78 is 1.38. The van der Waals surface area contributed by atoms with Crippen molar-refractivity contribution in [3.8, 4) is 0 Å². The van der Waals surface area contributed by atoms with Crippen LogP contribution < -0.4 is 15.9 Å². The summed E-state index contributed by atoms with van der Waals surface area (Å²) in [6.45, 7) is 0.232. The Bertz CT molecular complexity index is 1330. The summed E-state index contributed by atoms with van der Waals surface area (Å²) in [6, 6.07) is 24.2. The molecule has 1 amide bonds. The van der Waals surface area contributed by atoms with E-state index in [1.165, 1.54) is 4.57 Å². The van der Waals surface area contributed by atoms with Crippen molar-refractivity contribution in [3.63, 3.8) is 0 Å². The van der Waals surface area contributed by atoms with E-state index >= 15 is 0 Å². The summed E-state index contributed by atoms with van der Waals surface area (Å²) in [4.78, 5) is 32.5. The van der Waals surface area contributed by atoms with Crippen molar-refractivity contribution >= 4 is 28.7 Å². The van der Waals surface area contributed by atoms with Crippen molar-refractivity contribution in [2.24, 2.45) is 5.10 Å². The lowest BCUT2D eigenvalue weighted by atomic mass is 10.2. The van der Waals surface area contributed by atoms with Gasteiger partial charge in [0.15, 0.2) is 0 Å². The van der Waals surface area contributed by atoms with Gasteiger partial charge in [0.05, 0.1) is 23.7 Å². The molecule has 1 N–H and O–H groups in total. The number of hydrazone groups is 1. The molecule has 1 heterocycles. The highest BCUT2D eigenvalue weighted by atomic mass is 16.2. The van der Waals surface area contributed by atoms with Crippen LogP contribution in [0.3, 0.4) is 0 Å². The number of carbonyl (C=O) groups excluding carboxylic acids is 1. The minimum absolute atomic E-state index is 0.0117. The van der Waals surface area contributed by atoms with E-state index in [0.29, 0.717) is 10.9 Å². The summed E-state index contributed by atoms with van der Waals surface area (Å²) in [7, 11) is 3.93. The number of nitrogens with zero attached hydrogens (tertiary/aromatic N) is 4. The lowest BCUT2D eigenvalue weighted by Crippen LogP contribution is -2.32. The van der Waals surface area contributed by atoms with E-state index in [9.17, 15) is 9.59 Å². The fourth-order valence-corrected chi connectivity index (χ4v) is 3.33. The van der Waals surface area contributed by atoms with Gasteiger partial charge in [-0.25, -0.2) is 10.4 Å². The Morgan fingerprint density at radius 2 is 1.69 bits per heavy atom. The van der Waals surface area contributed by atoms with Crippen molar-refractivity contribution < 1.29 is 4.79 Å². The highest BCUT2D eigenvalue weighted by Crippen LogP contribution is 2.12. The minimum Gasteiger partial charge on any atom is -0.378 e. The van der Waals surface area contributed by atoms with Gasteiger partial charge in [0.1, 0.15) is 0 Å². The first-order chi connectivity index (χ1) is 15.5. The number of rotatable bonds is 6. The van der Waals surface area contributed by atoms with E-state index in [4.69, 9.17) is 0 Å². The first-order valence-electron chi connectivity index (χ1n) is 10.2. The molecular weight excluding hydrogens is 402 g/mol. The topological polar surface area (TPSA) is 79.6 Å². The highest BCUT2D eigenvalue weighted by molar-refractivity contribution is 5.93. The van der Waals surface area contributed by atoms with E-state index in [1.54, 1.807) is 30.5 Å². The van der Waals surface area contributed by atoms with Gasteiger partial charge in [0.2, 0.25) is 5.82 Å². The fourth-order valence-electron chi connectivity index (χ4n) is 3.33. The zero-order valence-corrected chi connectivity index (χ0v) is 17.9. The molecule has 0 atom stereocenters. The predicted molar refractivity (Wildman–Crippen MR) is 127 cm³/mol. The van der Waals surface area contributed by atoms with Crippen molar-refractivity contribution in [2.75, 3.05) is 19.0 Å². The summed E-state index contributed by atoms with van der Waals surface area (Å²) in [5.74, 6) is -0.539. The van der Waals surface area contributed by atoms with Crippen LogP contribution >= 0.6 is 0 Å². The maximum Gasteiger partial charge on any atom is 0.307 e. The van der Waals surface area contributed by atoms with Gasteiger partial charge in [-0.15, -0.1) is 0 Å². The molecule has 32 heavy (non-hydrogen) atoms. The van der Waals surface area contributed by atoms with Crippen molar-refractivity contribution in [1.29, 1.82) is 0 Å². The van der Waals surface area contributed by atoms with Crippen LogP contribution in [0.5, 0.6) is 0 Å². The van der Waals surface area contributed by atoms with Gasteiger partial charge < -0.3 is 4.90 Å². The zero-order chi connectivity index (χ0) is 22.5. The third-order valence-corrected chi connectivity index (χ3v) is 5.04. The molecule has 4 rings (SSSR count). The zero-order valence-electron chi connectivity index (χ0n) is 17.9. The smallest absolute Gasteiger partial charge is 0.307 e. The van der Waals surface area contributed by atoms with Crippen LogP contribution in [0.15, 0.2) is 88.8 Å². The molecule has 7 nitrogen and oxygen atoms in total. The van der Waals surface area contributed by atoms with Crippen molar-refractivity contribution in [1.82, 2.24) is 15.0 Å². The van der Waals surface area contributed by atoms with Gasteiger partial charge in [0.25, 0.3) is 5.56 Å². The second-order valence-corrected chi connectivity index (χ2v) is 7.51. The highest BCUT2D eigenvalue weighted by Gasteiger charge is 2.17. The molecular formula is C25H23N5O2. The SMILES string of the molecule is CN(C)c1ccc(/C=N\NC(=O)c2nc3ccccc3c(=O)n2Cc2ccccc2)cc1. The molecule has 3 aromatic carbocycles. The Morgan fingerprint density at radius 3 is 2.41 bits per heavy atom. The van der Waals surface area contributed by atoms with Gasteiger partial charge >= 0.3 is 5.91 Å². The number of benzene rings is 3. The number of nitrogens with one attached hydrogen (secondary N) is 1. The largest absolute Gasteiger partial charge is 0.378 e. The van der Waals surface area contributed by atoms with E-state index < -0.39 is 5.91 Å². The number of amides is 1. The Kier molecular flexibility index (Phi) is 6.07. The van der Waals surface area contributed by atoms with E-state index in [-0.39, 0.29) is 17.9 Å². The van der Waals surface area contributed by atoms with E-state index in [0.717, 1.165) is 16.8 Å². The molecule has 160 valence electrons. The average molecular weight is 425 g/mol. The van der Waals surface area contributed by atoms with Gasteiger partial charge in [0, 0.05) is 19.8 Å². The maximum absolute atomic E-state index is 13.1. The Labute approximate surface area is 185 Å². The second kappa shape index (κ2) is 9.26. The van der Waals surface area contributed by atoms with Gasteiger partial charge in [-0.3, -0.25) is 14.2 Å². The number of aromatic nitrogens is 2. The lowest BCUT2D eigenvalue weighted by Gasteiger charge is -2.12. The molecule has 0 radical (unpaired) electrons. The molecule has 0 aliphatic carbocycles. The molecule has 7 heteroatoms. The third kappa shape index (κ3) is 4.57. The normalized spacial score (nSPS) is 11.1. The molecule has 0 aliphatic rings. The monoisotopic (exact) mass is 425 g/mol. The molecule has 4 aromatic rings. The number of hydrogen-bond donors (Lipinski definition) is 1. The van der Waals surface area contributed by atoms with E-state index in [2.05, 4.69) is 15.5 Å². The van der Waals surface area contributed by atoms with Crippen LogP contribution in [0.25, 0.3) is 10.9 Å². The van der Waals surface area contributed by atoms with Crippen LogP contribution in [0.4, 0.5) is 5.69 Å². The minimum atomic E-state index is -0.551. The van der Waals surface area contributed by atoms with Gasteiger partial charge in [-0.1, -0.05) is 54.6 Å². The first kappa shape index (κ1) is 21.0. The maximum atomic E-state index is 13.1.